The lowest BCUT2D eigenvalue weighted by molar-refractivity contribution is -0.142. The fourth-order valence-electron chi connectivity index (χ4n) is 3.94. The van der Waals surface area contributed by atoms with Crippen molar-refractivity contribution < 1.29 is 41.2 Å². The van der Waals surface area contributed by atoms with Gasteiger partial charge in [0.05, 0.1) is 36.1 Å². The van der Waals surface area contributed by atoms with Crippen molar-refractivity contribution in [1.29, 1.82) is 0 Å². The van der Waals surface area contributed by atoms with Gasteiger partial charge in [0.25, 0.3) is 0 Å². The van der Waals surface area contributed by atoms with Crippen LogP contribution in [0.2, 0.25) is 0 Å². The maximum Gasteiger partial charge on any atom is 0.498 e. The van der Waals surface area contributed by atoms with E-state index < -0.39 is 36.0 Å². The number of hydrogen-bond donors (Lipinski definition) is 0. The van der Waals surface area contributed by atoms with Crippen LogP contribution in [-0.4, -0.2) is 30.9 Å². The van der Waals surface area contributed by atoms with Gasteiger partial charge < -0.3 is 23.2 Å². The number of hydrogen-bond acceptors (Lipinski definition) is 6. The van der Waals surface area contributed by atoms with Crippen molar-refractivity contribution in [2.24, 2.45) is 0 Å². The molecule has 0 saturated carbocycles. The van der Waals surface area contributed by atoms with Gasteiger partial charge in [-0.1, -0.05) is 12.1 Å². The van der Waals surface area contributed by atoms with Crippen molar-refractivity contribution in [2.75, 3.05) is 6.61 Å². The van der Waals surface area contributed by atoms with E-state index in [4.69, 9.17) is 23.2 Å². The molecule has 0 amide bonds. The van der Waals surface area contributed by atoms with Crippen molar-refractivity contribution in [2.45, 2.75) is 65.0 Å². The summed E-state index contributed by atoms with van der Waals surface area (Å²) >= 11 is 0. The summed E-state index contributed by atoms with van der Waals surface area (Å²) in [5.41, 5.74) is 0.231. The molecule has 0 bridgehead atoms. The first-order valence-corrected chi connectivity index (χ1v) is 11.6. The molecule has 1 saturated heterocycles. The number of carbonyl (C=O) groups is 1. The van der Waals surface area contributed by atoms with Crippen molar-refractivity contribution in [3.05, 3.63) is 59.4 Å². The second kappa shape index (κ2) is 9.48. The lowest BCUT2D eigenvalue weighted by Crippen LogP contribution is -2.41. The summed E-state index contributed by atoms with van der Waals surface area (Å²) in [5.74, 6) is -0.590. The predicted molar refractivity (Wildman–Crippen MR) is 128 cm³/mol. The quantitative estimate of drug-likeness (QED) is 0.316. The highest BCUT2D eigenvalue weighted by atomic mass is 19.4. The van der Waals surface area contributed by atoms with Crippen LogP contribution < -0.4 is 10.2 Å². The van der Waals surface area contributed by atoms with Crippen LogP contribution in [0.15, 0.2) is 47.1 Å². The minimum absolute atomic E-state index is 0.0395. The molecule has 36 heavy (non-hydrogen) atoms. The lowest BCUT2D eigenvalue weighted by atomic mass is 9.77. The molecular weight excluding hydrogens is 476 g/mol. The fraction of sp³-hybridized carbons (Fsp3) is 0.423. The third-order valence-electron chi connectivity index (χ3n) is 6.58. The SMILES string of the molecule is CCOC(=O)Cc1ccc(C(F)(F)F)cc1OCc1cc(B2OC(C)(C)C(C)(C)O2)c2occc2c1. The normalized spacial score (nSPS) is 16.9. The standard InChI is InChI=1S/C26H28BF3O6/c1-6-32-22(31)13-17-7-8-19(26(28,29)30)14-21(17)34-15-16-11-18-9-10-33-23(18)20(12-16)27-35-24(2,3)25(4,5)36-27/h7-12,14H,6,13,15H2,1-5H3. The van der Waals surface area contributed by atoms with E-state index in [1.165, 1.54) is 6.07 Å². The lowest BCUT2D eigenvalue weighted by Gasteiger charge is -2.32. The van der Waals surface area contributed by atoms with E-state index in [-0.39, 0.29) is 25.4 Å². The summed E-state index contributed by atoms with van der Waals surface area (Å²) in [6.45, 7) is 9.55. The zero-order chi connectivity index (χ0) is 26.3. The second-order valence-electron chi connectivity index (χ2n) is 9.70. The molecule has 0 spiro atoms. The summed E-state index contributed by atoms with van der Waals surface area (Å²) in [7, 11) is -0.698. The molecule has 2 aromatic carbocycles. The maximum atomic E-state index is 13.4. The molecule has 6 nitrogen and oxygen atoms in total. The Morgan fingerprint density at radius 1 is 1.03 bits per heavy atom. The average molecular weight is 504 g/mol. The fourth-order valence-corrected chi connectivity index (χ4v) is 3.94. The summed E-state index contributed by atoms with van der Waals surface area (Å²) in [6, 6.07) is 8.47. The van der Waals surface area contributed by atoms with Crippen molar-refractivity contribution >= 4 is 29.5 Å². The number of ether oxygens (including phenoxy) is 2. The zero-order valence-electron chi connectivity index (χ0n) is 20.8. The zero-order valence-corrected chi connectivity index (χ0v) is 20.8. The Kier molecular flexibility index (Phi) is 6.87. The largest absolute Gasteiger partial charge is 0.498 e. The van der Waals surface area contributed by atoms with Gasteiger partial charge in [0.1, 0.15) is 17.9 Å². The summed E-state index contributed by atoms with van der Waals surface area (Å²) in [4.78, 5) is 12.0. The first-order chi connectivity index (χ1) is 16.8. The first-order valence-electron chi connectivity index (χ1n) is 11.6. The van der Waals surface area contributed by atoms with Gasteiger partial charge in [-0.3, -0.25) is 4.79 Å². The van der Waals surface area contributed by atoms with E-state index in [9.17, 15) is 18.0 Å². The van der Waals surface area contributed by atoms with Crippen LogP contribution in [0.25, 0.3) is 11.0 Å². The molecule has 10 heteroatoms. The van der Waals surface area contributed by atoms with Gasteiger partial charge in [-0.2, -0.15) is 13.2 Å². The summed E-state index contributed by atoms with van der Waals surface area (Å²) in [6.07, 6.45) is -3.21. The molecule has 1 aromatic heterocycles. The number of benzene rings is 2. The minimum Gasteiger partial charge on any atom is -0.489 e. The maximum absolute atomic E-state index is 13.4. The molecule has 1 aliphatic rings. The predicted octanol–water partition coefficient (Wildman–Crippen LogP) is 5.44. The number of carbonyl (C=O) groups excluding carboxylic acids is 1. The Balaban J connectivity index is 1.64. The van der Waals surface area contributed by atoms with Crippen molar-refractivity contribution in [1.82, 2.24) is 0 Å². The Bertz CT molecular complexity index is 1250. The smallest absolute Gasteiger partial charge is 0.489 e. The van der Waals surface area contributed by atoms with Crippen molar-refractivity contribution in [3.63, 3.8) is 0 Å². The third kappa shape index (κ3) is 5.24. The molecule has 3 aromatic rings. The molecular formula is C26H28BF3O6. The molecule has 192 valence electrons. The Hall–Kier alpha value is -2.98. The Morgan fingerprint density at radius 2 is 1.72 bits per heavy atom. The van der Waals surface area contributed by atoms with Crippen LogP contribution in [0, 0.1) is 0 Å². The van der Waals surface area contributed by atoms with Crippen LogP contribution in [0.4, 0.5) is 13.2 Å². The highest BCUT2D eigenvalue weighted by molar-refractivity contribution is 6.64. The average Bonchev–Trinajstić information content (AvgIpc) is 3.33. The van der Waals surface area contributed by atoms with Gasteiger partial charge in [0, 0.05) is 16.4 Å². The minimum atomic E-state index is -4.56. The van der Waals surface area contributed by atoms with E-state index in [1.807, 2.05) is 33.8 Å². The van der Waals surface area contributed by atoms with E-state index in [1.54, 1.807) is 25.3 Å². The van der Waals surface area contributed by atoms with Crippen LogP contribution in [-0.2, 0) is 38.0 Å². The number of alkyl halides is 3. The molecule has 1 fully saturated rings. The topological polar surface area (TPSA) is 67.1 Å². The molecule has 0 unspecified atom stereocenters. The van der Waals surface area contributed by atoms with E-state index in [0.717, 1.165) is 17.5 Å². The number of esters is 1. The van der Waals surface area contributed by atoms with E-state index in [2.05, 4.69) is 0 Å². The van der Waals surface area contributed by atoms with Gasteiger partial charge >= 0.3 is 19.3 Å². The van der Waals surface area contributed by atoms with E-state index in [0.29, 0.717) is 22.2 Å². The number of fused-ring (bicyclic) bond motifs is 1. The number of rotatable bonds is 7. The number of halogens is 3. The van der Waals surface area contributed by atoms with Crippen LogP contribution in [0.1, 0.15) is 51.3 Å². The Labute approximate surface area is 207 Å². The van der Waals surface area contributed by atoms with Crippen LogP contribution >= 0.6 is 0 Å². The van der Waals surface area contributed by atoms with Gasteiger partial charge in [0.2, 0.25) is 0 Å². The molecule has 0 aliphatic carbocycles. The van der Waals surface area contributed by atoms with Crippen LogP contribution in [0.5, 0.6) is 5.75 Å². The first kappa shape index (κ1) is 26.1. The van der Waals surface area contributed by atoms with Gasteiger partial charge in [-0.15, -0.1) is 0 Å². The third-order valence-corrected chi connectivity index (χ3v) is 6.58. The molecule has 2 heterocycles. The molecule has 1 aliphatic heterocycles. The molecule has 0 N–H and O–H groups in total. The molecule has 4 rings (SSSR count). The second-order valence-corrected chi connectivity index (χ2v) is 9.70. The molecule has 0 atom stereocenters. The Morgan fingerprint density at radius 3 is 2.36 bits per heavy atom. The highest BCUT2D eigenvalue weighted by Crippen LogP contribution is 2.37. The van der Waals surface area contributed by atoms with Gasteiger partial charge in [0.15, 0.2) is 0 Å². The van der Waals surface area contributed by atoms with E-state index >= 15 is 0 Å². The van der Waals surface area contributed by atoms with Gasteiger partial charge in [-0.05, 0) is 64.4 Å². The number of furan rings is 1. The molecule has 0 radical (unpaired) electrons. The summed E-state index contributed by atoms with van der Waals surface area (Å²) in [5, 5.41) is 0.775. The summed E-state index contributed by atoms with van der Waals surface area (Å²) < 4.78 is 68.9. The van der Waals surface area contributed by atoms with Gasteiger partial charge in [-0.25, -0.2) is 0 Å². The van der Waals surface area contributed by atoms with Crippen molar-refractivity contribution in [3.8, 4) is 5.75 Å². The van der Waals surface area contributed by atoms with Crippen LogP contribution in [0.3, 0.4) is 0 Å². The highest BCUT2D eigenvalue weighted by Gasteiger charge is 2.52. The monoisotopic (exact) mass is 504 g/mol.